The SMILES string of the molecule is CCN1CCC(Cc2ncc3n2CCCC3N)C1. The number of imidazole rings is 1. The summed E-state index contributed by atoms with van der Waals surface area (Å²) in [5.74, 6) is 2.05. The van der Waals surface area contributed by atoms with Gasteiger partial charge in [0.2, 0.25) is 0 Å². The van der Waals surface area contributed by atoms with Crippen molar-refractivity contribution in [1.82, 2.24) is 14.5 Å². The van der Waals surface area contributed by atoms with Gasteiger partial charge >= 0.3 is 0 Å². The highest BCUT2D eigenvalue weighted by molar-refractivity contribution is 5.12. The fraction of sp³-hybridized carbons (Fsp3) is 0.786. The topological polar surface area (TPSA) is 47.1 Å². The Morgan fingerprint density at radius 3 is 3.06 bits per heavy atom. The molecule has 2 aliphatic rings. The molecule has 2 aliphatic heterocycles. The van der Waals surface area contributed by atoms with Gasteiger partial charge in [0.15, 0.2) is 0 Å². The summed E-state index contributed by atoms with van der Waals surface area (Å²) < 4.78 is 2.38. The van der Waals surface area contributed by atoms with Crippen LogP contribution in [0.1, 0.15) is 43.7 Å². The van der Waals surface area contributed by atoms with Gasteiger partial charge in [-0.1, -0.05) is 6.92 Å². The molecule has 4 heteroatoms. The van der Waals surface area contributed by atoms with E-state index in [2.05, 4.69) is 21.4 Å². The summed E-state index contributed by atoms with van der Waals surface area (Å²) >= 11 is 0. The first-order valence-corrected chi connectivity index (χ1v) is 7.30. The Hall–Kier alpha value is -0.870. The molecule has 3 rings (SSSR count). The molecule has 1 aromatic rings. The average Bonchev–Trinajstić information content (AvgIpc) is 2.98. The standard InChI is InChI=1S/C14H24N4/c1-2-17-7-5-11(10-17)8-14-16-9-13-12(15)4-3-6-18(13)14/h9,11-12H,2-8,10,15H2,1H3. The maximum absolute atomic E-state index is 6.14. The van der Waals surface area contributed by atoms with Crippen LogP contribution in [0.2, 0.25) is 0 Å². The van der Waals surface area contributed by atoms with Crippen molar-refractivity contribution in [1.29, 1.82) is 0 Å². The van der Waals surface area contributed by atoms with Gasteiger partial charge in [0, 0.05) is 25.6 Å². The second kappa shape index (κ2) is 5.02. The van der Waals surface area contributed by atoms with E-state index in [9.17, 15) is 0 Å². The van der Waals surface area contributed by atoms with E-state index in [4.69, 9.17) is 5.73 Å². The minimum Gasteiger partial charge on any atom is -0.331 e. The summed E-state index contributed by atoms with van der Waals surface area (Å²) in [6.07, 6.45) is 6.76. The molecular weight excluding hydrogens is 224 g/mol. The largest absolute Gasteiger partial charge is 0.331 e. The van der Waals surface area contributed by atoms with Gasteiger partial charge in [0.05, 0.1) is 11.9 Å². The van der Waals surface area contributed by atoms with Gasteiger partial charge in [-0.05, 0) is 38.3 Å². The third-order valence-electron chi connectivity index (χ3n) is 4.53. The number of fused-ring (bicyclic) bond motifs is 1. The van der Waals surface area contributed by atoms with Crippen molar-refractivity contribution >= 4 is 0 Å². The number of hydrogen-bond acceptors (Lipinski definition) is 3. The summed E-state index contributed by atoms with van der Waals surface area (Å²) in [6.45, 7) is 7.04. The van der Waals surface area contributed by atoms with Gasteiger partial charge in [-0.15, -0.1) is 0 Å². The fourth-order valence-electron chi connectivity index (χ4n) is 3.39. The Bertz CT molecular complexity index is 412. The highest BCUT2D eigenvalue weighted by Gasteiger charge is 2.25. The smallest absolute Gasteiger partial charge is 0.109 e. The molecule has 18 heavy (non-hydrogen) atoms. The quantitative estimate of drug-likeness (QED) is 0.883. The lowest BCUT2D eigenvalue weighted by atomic mass is 10.0. The predicted molar refractivity (Wildman–Crippen MR) is 72.3 cm³/mol. The van der Waals surface area contributed by atoms with E-state index in [-0.39, 0.29) is 6.04 Å². The Morgan fingerprint density at radius 2 is 2.28 bits per heavy atom. The van der Waals surface area contributed by atoms with Crippen LogP contribution >= 0.6 is 0 Å². The van der Waals surface area contributed by atoms with Crippen LogP contribution in [0, 0.1) is 5.92 Å². The fourth-order valence-corrected chi connectivity index (χ4v) is 3.39. The lowest BCUT2D eigenvalue weighted by molar-refractivity contribution is 0.339. The molecule has 0 saturated carbocycles. The maximum atomic E-state index is 6.14. The van der Waals surface area contributed by atoms with Crippen LogP contribution in [0.5, 0.6) is 0 Å². The number of likely N-dealkylation sites (tertiary alicyclic amines) is 1. The van der Waals surface area contributed by atoms with Crippen LogP contribution in [0.15, 0.2) is 6.20 Å². The first-order valence-electron chi connectivity index (χ1n) is 7.30. The molecule has 4 nitrogen and oxygen atoms in total. The Kier molecular flexibility index (Phi) is 3.39. The van der Waals surface area contributed by atoms with Crippen LogP contribution in [0.25, 0.3) is 0 Å². The highest BCUT2D eigenvalue weighted by Crippen LogP contribution is 2.26. The van der Waals surface area contributed by atoms with Crippen molar-refractivity contribution in [3.05, 3.63) is 17.7 Å². The predicted octanol–water partition coefficient (Wildman–Crippen LogP) is 1.56. The van der Waals surface area contributed by atoms with Crippen molar-refractivity contribution in [2.75, 3.05) is 19.6 Å². The van der Waals surface area contributed by atoms with E-state index < -0.39 is 0 Å². The molecule has 2 unspecified atom stereocenters. The van der Waals surface area contributed by atoms with E-state index in [0.29, 0.717) is 0 Å². The molecule has 1 saturated heterocycles. The third-order valence-corrected chi connectivity index (χ3v) is 4.53. The summed E-state index contributed by atoms with van der Waals surface area (Å²) in [6, 6.07) is 0.204. The third kappa shape index (κ3) is 2.19. The summed E-state index contributed by atoms with van der Waals surface area (Å²) in [5, 5.41) is 0. The maximum Gasteiger partial charge on any atom is 0.109 e. The normalized spacial score (nSPS) is 28.6. The number of nitrogens with zero attached hydrogens (tertiary/aromatic N) is 3. The molecular formula is C14H24N4. The van der Waals surface area contributed by atoms with E-state index in [0.717, 1.165) is 25.3 Å². The van der Waals surface area contributed by atoms with Crippen LogP contribution in [-0.2, 0) is 13.0 Å². The molecule has 3 heterocycles. The minimum absolute atomic E-state index is 0.204. The van der Waals surface area contributed by atoms with Crippen molar-refractivity contribution in [3.63, 3.8) is 0 Å². The van der Waals surface area contributed by atoms with Gasteiger partial charge in [-0.3, -0.25) is 0 Å². The molecule has 0 amide bonds. The molecule has 2 N–H and O–H groups in total. The monoisotopic (exact) mass is 248 g/mol. The number of rotatable bonds is 3. The van der Waals surface area contributed by atoms with Gasteiger partial charge in [-0.2, -0.15) is 0 Å². The number of aromatic nitrogens is 2. The van der Waals surface area contributed by atoms with Crippen molar-refractivity contribution in [2.24, 2.45) is 11.7 Å². The van der Waals surface area contributed by atoms with Gasteiger partial charge in [0.1, 0.15) is 5.82 Å². The first-order chi connectivity index (χ1) is 8.78. The molecule has 2 atom stereocenters. The summed E-state index contributed by atoms with van der Waals surface area (Å²) in [5.41, 5.74) is 7.39. The molecule has 100 valence electrons. The van der Waals surface area contributed by atoms with Crippen molar-refractivity contribution < 1.29 is 0 Å². The van der Waals surface area contributed by atoms with Crippen LogP contribution in [0.4, 0.5) is 0 Å². The molecule has 1 fully saturated rings. The second-order valence-electron chi connectivity index (χ2n) is 5.75. The lowest BCUT2D eigenvalue weighted by Crippen LogP contribution is -2.24. The number of hydrogen-bond donors (Lipinski definition) is 1. The van der Waals surface area contributed by atoms with E-state index in [1.807, 2.05) is 6.20 Å². The molecule has 0 spiro atoms. The minimum atomic E-state index is 0.204. The molecule has 0 aromatic carbocycles. The molecule has 1 aromatic heterocycles. The van der Waals surface area contributed by atoms with Gasteiger partial charge < -0.3 is 15.2 Å². The van der Waals surface area contributed by atoms with Gasteiger partial charge in [-0.25, -0.2) is 4.98 Å². The number of nitrogens with two attached hydrogens (primary N) is 1. The average molecular weight is 248 g/mol. The Balaban J connectivity index is 1.70. The van der Waals surface area contributed by atoms with Gasteiger partial charge in [0.25, 0.3) is 0 Å². The Labute approximate surface area is 109 Å². The van der Waals surface area contributed by atoms with E-state index >= 15 is 0 Å². The second-order valence-corrected chi connectivity index (χ2v) is 5.75. The van der Waals surface area contributed by atoms with E-state index in [1.165, 1.54) is 44.0 Å². The lowest BCUT2D eigenvalue weighted by Gasteiger charge is -2.22. The zero-order valence-electron chi connectivity index (χ0n) is 11.3. The first kappa shape index (κ1) is 12.2. The molecule has 0 radical (unpaired) electrons. The zero-order valence-corrected chi connectivity index (χ0v) is 11.3. The Morgan fingerprint density at radius 1 is 1.39 bits per heavy atom. The van der Waals surface area contributed by atoms with Crippen LogP contribution < -0.4 is 5.73 Å². The molecule has 0 aliphatic carbocycles. The van der Waals surface area contributed by atoms with Crippen LogP contribution in [-0.4, -0.2) is 34.1 Å². The zero-order chi connectivity index (χ0) is 12.5. The summed E-state index contributed by atoms with van der Waals surface area (Å²) in [7, 11) is 0. The van der Waals surface area contributed by atoms with Crippen molar-refractivity contribution in [3.8, 4) is 0 Å². The highest BCUT2D eigenvalue weighted by atomic mass is 15.1. The van der Waals surface area contributed by atoms with Crippen LogP contribution in [0.3, 0.4) is 0 Å². The summed E-state index contributed by atoms with van der Waals surface area (Å²) in [4.78, 5) is 7.17. The molecule has 0 bridgehead atoms. The van der Waals surface area contributed by atoms with E-state index in [1.54, 1.807) is 0 Å². The van der Waals surface area contributed by atoms with Crippen molar-refractivity contribution in [2.45, 2.75) is 45.2 Å².